The van der Waals surface area contributed by atoms with Crippen molar-refractivity contribution in [2.45, 2.75) is 45.3 Å². The molecule has 2 heterocycles. The summed E-state index contributed by atoms with van der Waals surface area (Å²) in [6.45, 7) is 5.19. The number of carbonyl (C=O) groups is 1. The summed E-state index contributed by atoms with van der Waals surface area (Å²) in [6.07, 6.45) is 2.51. The van der Waals surface area contributed by atoms with Gasteiger partial charge in [-0.05, 0) is 51.1 Å². The number of rotatable bonds is 8. The van der Waals surface area contributed by atoms with Gasteiger partial charge in [-0.15, -0.1) is 0 Å². The van der Waals surface area contributed by atoms with Crippen molar-refractivity contribution in [3.05, 3.63) is 59.7 Å². The Morgan fingerprint density at radius 2 is 2.10 bits per heavy atom. The molecular formula is C22H28FN3O4S. The van der Waals surface area contributed by atoms with Crippen LogP contribution in [0.25, 0.3) is 0 Å². The lowest BCUT2D eigenvalue weighted by Gasteiger charge is -2.41. The lowest BCUT2D eigenvalue weighted by atomic mass is 9.89. The highest BCUT2D eigenvalue weighted by Gasteiger charge is 2.41. The standard InChI is InChI=1S/C22H28FN3O4S/c1-4-31(28,29)26(15-21(27)25-12-10-17-7-5-6-11-24-17)19-14-22(2,3)30-20-9-8-16(23)13-18(19)20/h5-9,11,13,19H,4,10,12,14-15H2,1-3H3,(H,25,27). The molecule has 2 aromatic rings. The van der Waals surface area contributed by atoms with E-state index in [2.05, 4.69) is 10.3 Å². The average molecular weight is 450 g/mol. The van der Waals surface area contributed by atoms with E-state index in [1.165, 1.54) is 29.4 Å². The number of carbonyl (C=O) groups excluding carboxylic acids is 1. The number of hydrogen-bond donors (Lipinski definition) is 1. The van der Waals surface area contributed by atoms with E-state index in [0.29, 0.717) is 30.7 Å². The number of pyridine rings is 1. The van der Waals surface area contributed by atoms with E-state index in [1.807, 2.05) is 32.0 Å². The molecule has 7 nitrogen and oxygen atoms in total. The minimum absolute atomic E-state index is 0.170. The van der Waals surface area contributed by atoms with E-state index >= 15 is 0 Å². The molecule has 1 aromatic carbocycles. The number of ether oxygens (including phenoxy) is 1. The molecule has 3 rings (SSSR count). The van der Waals surface area contributed by atoms with E-state index in [-0.39, 0.29) is 12.3 Å². The Kier molecular flexibility index (Phi) is 6.96. The minimum atomic E-state index is -3.76. The number of fused-ring (bicyclic) bond motifs is 1. The highest BCUT2D eigenvalue weighted by atomic mass is 32.2. The molecule has 0 spiro atoms. The third kappa shape index (κ3) is 5.80. The first kappa shape index (κ1) is 23.1. The molecule has 1 N–H and O–H groups in total. The van der Waals surface area contributed by atoms with Crippen LogP contribution in [0.2, 0.25) is 0 Å². The maximum absolute atomic E-state index is 14.0. The van der Waals surface area contributed by atoms with Gasteiger partial charge in [-0.1, -0.05) is 6.07 Å². The van der Waals surface area contributed by atoms with Crippen LogP contribution in [0, 0.1) is 5.82 Å². The summed E-state index contributed by atoms with van der Waals surface area (Å²) in [4.78, 5) is 16.9. The Morgan fingerprint density at radius 3 is 2.77 bits per heavy atom. The lowest BCUT2D eigenvalue weighted by molar-refractivity contribution is -0.121. The summed E-state index contributed by atoms with van der Waals surface area (Å²) in [6, 6.07) is 8.89. The zero-order chi connectivity index (χ0) is 22.6. The molecule has 0 bridgehead atoms. The Labute approximate surface area is 182 Å². The van der Waals surface area contributed by atoms with Crippen LogP contribution in [-0.2, 0) is 21.2 Å². The highest BCUT2D eigenvalue weighted by molar-refractivity contribution is 7.89. The molecular weight excluding hydrogens is 421 g/mol. The average Bonchev–Trinajstić information content (AvgIpc) is 2.72. The number of nitrogens with one attached hydrogen (secondary N) is 1. The number of halogens is 1. The van der Waals surface area contributed by atoms with E-state index in [0.717, 1.165) is 5.69 Å². The molecule has 0 saturated carbocycles. The highest BCUT2D eigenvalue weighted by Crippen LogP contribution is 2.43. The second kappa shape index (κ2) is 9.32. The molecule has 31 heavy (non-hydrogen) atoms. The zero-order valence-electron chi connectivity index (χ0n) is 18.0. The maximum Gasteiger partial charge on any atom is 0.235 e. The summed E-state index contributed by atoms with van der Waals surface area (Å²) >= 11 is 0. The predicted octanol–water partition coefficient (Wildman–Crippen LogP) is 2.83. The smallest absolute Gasteiger partial charge is 0.235 e. The molecule has 9 heteroatoms. The van der Waals surface area contributed by atoms with Gasteiger partial charge in [-0.3, -0.25) is 9.78 Å². The molecule has 0 radical (unpaired) electrons. The normalized spacial score (nSPS) is 17.6. The van der Waals surface area contributed by atoms with Crippen LogP contribution in [0.5, 0.6) is 5.75 Å². The summed E-state index contributed by atoms with van der Waals surface area (Å²) in [5.74, 6) is -0.651. The molecule has 1 amide bonds. The Morgan fingerprint density at radius 1 is 1.32 bits per heavy atom. The SMILES string of the molecule is CCS(=O)(=O)N(CC(=O)NCCc1ccccn1)C1CC(C)(C)Oc2ccc(F)cc21. The predicted molar refractivity (Wildman–Crippen MR) is 116 cm³/mol. The monoisotopic (exact) mass is 449 g/mol. The van der Waals surface area contributed by atoms with Gasteiger partial charge < -0.3 is 10.1 Å². The number of amides is 1. The van der Waals surface area contributed by atoms with Gasteiger partial charge in [-0.25, -0.2) is 12.8 Å². The fraction of sp³-hybridized carbons (Fsp3) is 0.455. The van der Waals surface area contributed by atoms with Gasteiger partial charge in [0.2, 0.25) is 15.9 Å². The van der Waals surface area contributed by atoms with Gasteiger partial charge in [0.15, 0.2) is 0 Å². The van der Waals surface area contributed by atoms with E-state index in [4.69, 9.17) is 4.74 Å². The van der Waals surface area contributed by atoms with E-state index in [1.54, 1.807) is 6.20 Å². The van der Waals surface area contributed by atoms with Gasteiger partial charge in [0.05, 0.1) is 18.3 Å². The van der Waals surface area contributed by atoms with Crippen molar-refractivity contribution >= 4 is 15.9 Å². The topological polar surface area (TPSA) is 88.6 Å². The van der Waals surface area contributed by atoms with Crippen molar-refractivity contribution in [1.29, 1.82) is 0 Å². The first-order valence-electron chi connectivity index (χ1n) is 10.3. The van der Waals surface area contributed by atoms with E-state index < -0.39 is 33.4 Å². The zero-order valence-corrected chi connectivity index (χ0v) is 18.8. The second-order valence-corrected chi connectivity index (χ2v) is 10.3. The molecule has 0 fully saturated rings. The number of aromatic nitrogens is 1. The minimum Gasteiger partial charge on any atom is -0.487 e. The third-order valence-corrected chi connectivity index (χ3v) is 7.03. The molecule has 0 aliphatic carbocycles. The fourth-order valence-corrected chi connectivity index (χ4v) is 4.91. The van der Waals surface area contributed by atoms with Crippen molar-refractivity contribution in [2.24, 2.45) is 0 Å². The van der Waals surface area contributed by atoms with Crippen molar-refractivity contribution in [3.8, 4) is 5.75 Å². The Balaban J connectivity index is 1.81. The molecule has 1 aliphatic heterocycles. The summed E-state index contributed by atoms with van der Waals surface area (Å²) in [7, 11) is -3.76. The third-order valence-electron chi connectivity index (χ3n) is 5.20. The lowest BCUT2D eigenvalue weighted by Crippen LogP contribution is -2.48. The number of sulfonamides is 1. The Bertz CT molecular complexity index is 1030. The van der Waals surface area contributed by atoms with Gasteiger partial charge in [0.1, 0.15) is 17.2 Å². The quantitative estimate of drug-likeness (QED) is 0.670. The fourth-order valence-electron chi connectivity index (χ4n) is 3.69. The van der Waals surface area contributed by atoms with Crippen LogP contribution >= 0.6 is 0 Å². The van der Waals surface area contributed by atoms with Gasteiger partial charge >= 0.3 is 0 Å². The van der Waals surface area contributed by atoms with Crippen LogP contribution in [0.3, 0.4) is 0 Å². The van der Waals surface area contributed by atoms with Crippen LogP contribution in [0.1, 0.15) is 44.5 Å². The molecule has 168 valence electrons. The molecule has 1 unspecified atom stereocenters. The van der Waals surface area contributed by atoms with Crippen molar-refractivity contribution in [1.82, 2.24) is 14.6 Å². The van der Waals surface area contributed by atoms with Crippen LogP contribution in [0.4, 0.5) is 4.39 Å². The summed E-state index contributed by atoms with van der Waals surface area (Å²) in [5, 5.41) is 2.76. The first-order chi connectivity index (χ1) is 14.6. The van der Waals surface area contributed by atoms with Gasteiger partial charge in [0.25, 0.3) is 0 Å². The maximum atomic E-state index is 14.0. The second-order valence-electron chi connectivity index (χ2n) is 8.13. The Hall–Kier alpha value is -2.52. The molecule has 1 atom stereocenters. The van der Waals surface area contributed by atoms with Crippen LogP contribution < -0.4 is 10.1 Å². The summed E-state index contributed by atoms with van der Waals surface area (Å²) < 4.78 is 47.0. The summed E-state index contributed by atoms with van der Waals surface area (Å²) in [5.41, 5.74) is 0.584. The molecule has 1 aliphatic rings. The largest absolute Gasteiger partial charge is 0.487 e. The molecule has 1 aromatic heterocycles. The van der Waals surface area contributed by atoms with Gasteiger partial charge in [-0.2, -0.15) is 4.31 Å². The number of benzene rings is 1. The number of hydrogen-bond acceptors (Lipinski definition) is 5. The molecule has 0 saturated heterocycles. The first-order valence-corrected chi connectivity index (χ1v) is 11.9. The number of nitrogens with zero attached hydrogens (tertiary/aromatic N) is 2. The van der Waals surface area contributed by atoms with Gasteiger partial charge in [0, 0.05) is 36.8 Å². The van der Waals surface area contributed by atoms with Crippen LogP contribution in [0.15, 0.2) is 42.6 Å². The van der Waals surface area contributed by atoms with Crippen molar-refractivity contribution < 1.29 is 22.3 Å². The van der Waals surface area contributed by atoms with Crippen LogP contribution in [-0.4, -0.2) is 48.1 Å². The van der Waals surface area contributed by atoms with E-state index in [9.17, 15) is 17.6 Å². The van der Waals surface area contributed by atoms with Crippen molar-refractivity contribution in [2.75, 3.05) is 18.8 Å². The van der Waals surface area contributed by atoms with Crippen molar-refractivity contribution in [3.63, 3.8) is 0 Å².